The van der Waals surface area contributed by atoms with Crippen molar-refractivity contribution in [2.45, 2.75) is 19.4 Å². The van der Waals surface area contributed by atoms with Crippen molar-refractivity contribution in [2.24, 2.45) is 0 Å². The van der Waals surface area contributed by atoms with Gasteiger partial charge in [-0.3, -0.25) is 4.79 Å². The van der Waals surface area contributed by atoms with Crippen molar-refractivity contribution >= 4 is 11.6 Å². The Labute approximate surface area is 164 Å². The van der Waals surface area contributed by atoms with Gasteiger partial charge in [0.2, 0.25) is 0 Å². The van der Waals surface area contributed by atoms with Crippen molar-refractivity contribution in [3.05, 3.63) is 76.0 Å². The maximum Gasteiger partial charge on any atom is 0.274 e. The first-order valence-electron chi connectivity index (χ1n) is 9.36. The van der Waals surface area contributed by atoms with E-state index in [1.165, 1.54) is 12.8 Å². The van der Waals surface area contributed by atoms with Gasteiger partial charge in [-0.15, -0.1) is 0 Å². The van der Waals surface area contributed by atoms with Crippen LogP contribution in [-0.4, -0.2) is 34.3 Å². The summed E-state index contributed by atoms with van der Waals surface area (Å²) in [5.41, 5.74) is 3.20. The predicted molar refractivity (Wildman–Crippen MR) is 110 cm³/mol. The van der Waals surface area contributed by atoms with E-state index >= 15 is 0 Å². The van der Waals surface area contributed by atoms with E-state index < -0.39 is 0 Å². The standard InChI is InChI=1S/C22H22ClN3O/c23-19-10-6-9-18(15-19)21-16-20(17-7-2-1-3-8-17)22(27)26(24-21)14-13-25-11-4-5-12-25/h1-3,6-10,15-16H,4-5,11-14H2. The largest absolute Gasteiger partial charge is 0.301 e. The molecule has 138 valence electrons. The van der Waals surface area contributed by atoms with Crippen LogP contribution < -0.4 is 5.56 Å². The second-order valence-electron chi connectivity index (χ2n) is 6.90. The zero-order valence-electron chi connectivity index (χ0n) is 15.1. The second kappa shape index (κ2) is 8.07. The Balaban J connectivity index is 1.77. The van der Waals surface area contributed by atoms with Crippen molar-refractivity contribution in [2.75, 3.05) is 19.6 Å². The van der Waals surface area contributed by atoms with Gasteiger partial charge in [0.05, 0.1) is 17.8 Å². The van der Waals surface area contributed by atoms with Crippen molar-refractivity contribution < 1.29 is 0 Å². The first-order chi connectivity index (χ1) is 13.2. The fourth-order valence-electron chi connectivity index (χ4n) is 3.55. The second-order valence-corrected chi connectivity index (χ2v) is 7.33. The molecule has 0 aliphatic carbocycles. The topological polar surface area (TPSA) is 38.1 Å². The Kier molecular flexibility index (Phi) is 5.37. The van der Waals surface area contributed by atoms with E-state index in [-0.39, 0.29) is 5.56 Å². The van der Waals surface area contributed by atoms with E-state index in [2.05, 4.69) is 10.00 Å². The zero-order chi connectivity index (χ0) is 18.6. The average molecular weight is 380 g/mol. The highest BCUT2D eigenvalue weighted by molar-refractivity contribution is 6.30. The fourth-order valence-corrected chi connectivity index (χ4v) is 3.74. The molecular weight excluding hydrogens is 358 g/mol. The Bertz CT molecular complexity index is 978. The number of hydrogen-bond donors (Lipinski definition) is 0. The monoisotopic (exact) mass is 379 g/mol. The molecular formula is C22H22ClN3O. The van der Waals surface area contributed by atoms with Gasteiger partial charge < -0.3 is 4.90 Å². The van der Waals surface area contributed by atoms with Gasteiger partial charge in [-0.05, 0) is 49.7 Å². The first kappa shape index (κ1) is 18.0. The number of rotatable bonds is 5. The number of nitrogens with zero attached hydrogens (tertiary/aromatic N) is 3. The minimum Gasteiger partial charge on any atom is -0.301 e. The van der Waals surface area contributed by atoms with Gasteiger partial charge in [-0.25, -0.2) is 4.68 Å². The predicted octanol–water partition coefficient (Wildman–Crippen LogP) is 4.33. The summed E-state index contributed by atoms with van der Waals surface area (Å²) in [7, 11) is 0. The van der Waals surface area contributed by atoms with Gasteiger partial charge in [-0.2, -0.15) is 5.10 Å². The summed E-state index contributed by atoms with van der Waals surface area (Å²) >= 11 is 6.17. The third-order valence-electron chi connectivity index (χ3n) is 5.01. The van der Waals surface area contributed by atoms with Crippen molar-refractivity contribution in [3.8, 4) is 22.4 Å². The van der Waals surface area contributed by atoms with Crippen molar-refractivity contribution in [1.29, 1.82) is 0 Å². The van der Waals surface area contributed by atoms with Crippen LogP contribution in [0.25, 0.3) is 22.4 Å². The molecule has 4 nitrogen and oxygen atoms in total. The molecule has 1 aliphatic rings. The summed E-state index contributed by atoms with van der Waals surface area (Å²) in [6, 6.07) is 19.2. The molecule has 2 aromatic carbocycles. The van der Waals surface area contributed by atoms with Crippen LogP contribution in [0.4, 0.5) is 0 Å². The summed E-state index contributed by atoms with van der Waals surface area (Å²) in [6.07, 6.45) is 2.47. The molecule has 0 saturated carbocycles. The van der Waals surface area contributed by atoms with Gasteiger partial charge in [-0.1, -0.05) is 54.1 Å². The maximum atomic E-state index is 13.1. The number of aromatic nitrogens is 2. The highest BCUT2D eigenvalue weighted by atomic mass is 35.5. The van der Waals surface area contributed by atoms with Crippen LogP contribution in [0.5, 0.6) is 0 Å². The van der Waals surface area contributed by atoms with E-state index in [1.807, 2.05) is 60.7 Å². The highest BCUT2D eigenvalue weighted by Crippen LogP contribution is 2.24. The van der Waals surface area contributed by atoms with Crippen LogP contribution in [0.3, 0.4) is 0 Å². The Morgan fingerprint density at radius 1 is 0.889 bits per heavy atom. The molecule has 0 amide bonds. The molecule has 4 rings (SSSR count). The third kappa shape index (κ3) is 4.12. The highest BCUT2D eigenvalue weighted by Gasteiger charge is 2.15. The lowest BCUT2D eigenvalue weighted by atomic mass is 10.0. The SMILES string of the molecule is O=c1c(-c2ccccc2)cc(-c2cccc(Cl)c2)nn1CCN1CCCC1. The quantitative estimate of drug-likeness (QED) is 0.662. The minimum atomic E-state index is -0.0498. The molecule has 0 N–H and O–H groups in total. The third-order valence-corrected chi connectivity index (χ3v) is 5.24. The van der Waals surface area contributed by atoms with E-state index in [0.717, 1.165) is 36.5 Å². The molecule has 1 aliphatic heterocycles. The van der Waals surface area contributed by atoms with Crippen molar-refractivity contribution in [1.82, 2.24) is 14.7 Å². The molecule has 0 spiro atoms. The number of halogens is 1. The molecule has 0 radical (unpaired) electrons. The lowest BCUT2D eigenvalue weighted by Crippen LogP contribution is -2.31. The molecule has 2 heterocycles. The lowest BCUT2D eigenvalue weighted by Gasteiger charge is -2.16. The lowest BCUT2D eigenvalue weighted by molar-refractivity contribution is 0.312. The van der Waals surface area contributed by atoms with Crippen LogP contribution >= 0.6 is 11.6 Å². The summed E-state index contributed by atoms with van der Waals surface area (Å²) in [5, 5.41) is 5.31. The van der Waals surface area contributed by atoms with E-state index in [4.69, 9.17) is 11.6 Å². The van der Waals surface area contributed by atoms with E-state index in [9.17, 15) is 4.79 Å². The molecule has 5 heteroatoms. The Morgan fingerprint density at radius 2 is 1.63 bits per heavy atom. The van der Waals surface area contributed by atoms with E-state index in [0.29, 0.717) is 17.1 Å². The maximum absolute atomic E-state index is 13.1. The number of likely N-dealkylation sites (tertiary alicyclic amines) is 1. The summed E-state index contributed by atoms with van der Waals surface area (Å²) in [4.78, 5) is 15.5. The first-order valence-corrected chi connectivity index (χ1v) is 9.74. The summed E-state index contributed by atoms with van der Waals surface area (Å²) < 4.78 is 1.61. The molecule has 0 unspecified atom stereocenters. The molecule has 27 heavy (non-hydrogen) atoms. The van der Waals surface area contributed by atoms with Crippen LogP contribution in [0.1, 0.15) is 12.8 Å². The van der Waals surface area contributed by atoms with Crippen LogP contribution in [-0.2, 0) is 6.54 Å². The number of benzene rings is 2. The number of hydrogen-bond acceptors (Lipinski definition) is 3. The summed E-state index contributed by atoms with van der Waals surface area (Å²) in [5.74, 6) is 0. The molecule has 0 atom stereocenters. The van der Waals surface area contributed by atoms with Crippen LogP contribution in [0, 0.1) is 0 Å². The zero-order valence-corrected chi connectivity index (χ0v) is 15.9. The average Bonchev–Trinajstić information content (AvgIpc) is 3.21. The molecule has 1 fully saturated rings. The van der Waals surface area contributed by atoms with Crippen LogP contribution in [0.2, 0.25) is 5.02 Å². The Hall–Kier alpha value is -2.43. The van der Waals surface area contributed by atoms with Crippen molar-refractivity contribution in [3.63, 3.8) is 0 Å². The Morgan fingerprint density at radius 3 is 2.37 bits per heavy atom. The molecule has 0 bridgehead atoms. The van der Waals surface area contributed by atoms with Gasteiger partial charge in [0.25, 0.3) is 5.56 Å². The van der Waals surface area contributed by atoms with Gasteiger partial charge in [0.15, 0.2) is 0 Å². The fraction of sp³-hybridized carbons (Fsp3) is 0.273. The van der Waals surface area contributed by atoms with Gasteiger partial charge in [0, 0.05) is 17.1 Å². The molecule has 1 aromatic heterocycles. The minimum absolute atomic E-state index is 0.0498. The van der Waals surface area contributed by atoms with E-state index in [1.54, 1.807) is 4.68 Å². The molecule has 3 aromatic rings. The summed E-state index contributed by atoms with van der Waals surface area (Å²) in [6.45, 7) is 3.65. The smallest absolute Gasteiger partial charge is 0.274 e. The molecule has 1 saturated heterocycles. The normalized spacial score (nSPS) is 14.6. The van der Waals surface area contributed by atoms with Crippen LogP contribution in [0.15, 0.2) is 65.5 Å². The van der Waals surface area contributed by atoms with Gasteiger partial charge in [0.1, 0.15) is 0 Å². The van der Waals surface area contributed by atoms with Gasteiger partial charge >= 0.3 is 0 Å².